The van der Waals surface area contributed by atoms with Crippen LogP contribution in [0.15, 0.2) is 29.4 Å². The van der Waals surface area contributed by atoms with Gasteiger partial charge in [-0.2, -0.15) is 0 Å². The first-order chi connectivity index (χ1) is 13.2. The highest BCUT2D eigenvalue weighted by molar-refractivity contribution is 14.0. The molecular weight excluding hydrogens is 499 g/mol. The van der Waals surface area contributed by atoms with Crippen LogP contribution >= 0.6 is 24.0 Å². The number of hydrogen-bond donors (Lipinski definition) is 3. The van der Waals surface area contributed by atoms with Crippen LogP contribution in [0.2, 0.25) is 0 Å². The minimum absolute atomic E-state index is 0. The Morgan fingerprint density at radius 2 is 1.86 bits per heavy atom. The number of nitrogens with one attached hydrogen (secondary N) is 3. The van der Waals surface area contributed by atoms with Gasteiger partial charge < -0.3 is 15.6 Å². The average molecular weight is 535 g/mol. The molecule has 0 amide bonds. The molecule has 2 rings (SSSR count). The standard InChI is InChI=1S/C21H34N4O2S.HI/c1-6-16-9-8-10-18-17(15-25-19(16)18)11-12-23-20(22-7-2)24-13-14-28(26,27)21(3,4)5;/h8-10,15,25H,6-7,11-14H2,1-5H3,(H2,22,23,24);1H. The Balaban J connectivity index is 0.00000420. The Bertz CT molecular complexity index is 914. The number of aromatic nitrogens is 1. The zero-order valence-corrected chi connectivity index (χ0v) is 21.3. The summed E-state index contributed by atoms with van der Waals surface area (Å²) in [6.45, 7) is 11.0. The molecule has 1 heterocycles. The van der Waals surface area contributed by atoms with Gasteiger partial charge in [0.15, 0.2) is 15.8 Å². The molecule has 164 valence electrons. The number of aromatic amines is 1. The molecule has 0 saturated heterocycles. The Morgan fingerprint density at radius 3 is 2.48 bits per heavy atom. The summed E-state index contributed by atoms with van der Waals surface area (Å²) >= 11 is 0. The number of rotatable bonds is 8. The number of fused-ring (bicyclic) bond motifs is 1. The Hall–Kier alpha value is -1.29. The number of sulfone groups is 1. The lowest BCUT2D eigenvalue weighted by molar-refractivity contribution is 0.560. The second kappa shape index (κ2) is 11.2. The lowest BCUT2D eigenvalue weighted by Crippen LogP contribution is -2.39. The predicted octanol–water partition coefficient (Wildman–Crippen LogP) is 3.66. The van der Waals surface area contributed by atoms with E-state index >= 15 is 0 Å². The first kappa shape index (κ1) is 25.7. The van der Waals surface area contributed by atoms with Gasteiger partial charge in [-0.1, -0.05) is 25.1 Å². The molecule has 0 saturated carbocycles. The molecule has 0 radical (unpaired) electrons. The van der Waals surface area contributed by atoms with Gasteiger partial charge in [-0.15, -0.1) is 24.0 Å². The van der Waals surface area contributed by atoms with Crippen molar-refractivity contribution in [3.63, 3.8) is 0 Å². The van der Waals surface area contributed by atoms with E-state index < -0.39 is 14.6 Å². The maximum absolute atomic E-state index is 12.2. The molecule has 0 aliphatic rings. The monoisotopic (exact) mass is 534 g/mol. The van der Waals surface area contributed by atoms with Gasteiger partial charge in [-0.25, -0.2) is 8.42 Å². The molecule has 0 aliphatic heterocycles. The quantitative estimate of drug-likeness (QED) is 0.274. The summed E-state index contributed by atoms with van der Waals surface area (Å²) in [5, 5.41) is 7.75. The number of hydrogen-bond acceptors (Lipinski definition) is 3. The number of H-pyrrole nitrogens is 1. The fourth-order valence-corrected chi connectivity index (χ4v) is 3.96. The van der Waals surface area contributed by atoms with E-state index in [1.165, 1.54) is 22.0 Å². The number of benzene rings is 1. The third-order valence-corrected chi connectivity index (χ3v) is 7.45. The Labute approximate surface area is 192 Å². The summed E-state index contributed by atoms with van der Waals surface area (Å²) in [6, 6.07) is 6.41. The van der Waals surface area contributed by atoms with E-state index in [-0.39, 0.29) is 36.3 Å². The van der Waals surface area contributed by atoms with Crippen LogP contribution in [0.3, 0.4) is 0 Å². The van der Waals surface area contributed by atoms with Crippen molar-refractivity contribution >= 4 is 50.7 Å². The fraction of sp³-hybridized carbons (Fsp3) is 0.571. The van der Waals surface area contributed by atoms with Crippen LogP contribution in [0, 0.1) is 0 Å². The maximum Gasteiger partial charge on any atom is 0.191 e. The van der Waals surface area contributed by atoms with Crippen molar-refractivity contribution in [1.29, 1.82) is 0 Å². The Kier molecular flexibility index (Phi) is 9.94. The molecule has 1 aromatic heterocycles. The number of guanidine groups is 1. The zero-order valence-electron chi connectivity index (χ0n) is 18.1. The van der Waals surface area contributed by atoms with Crippen molar-refractivity contribution in [2.45, 2.75) is 52.2 Å². The molecule has 1 aromatic carbocycles. The summed E-state index contributed by atoms with van der Waals surface area (Å²) in [6.07, 6.45) is 3.94. The summed E-state index contributed by atoms with van der Waals surface area (Å²) in [5.41, 5.74) is 3.81. The van der Waals surface area contributed by atoms with Crippen LogP contribution in [0.5, 0.6) is 0 Å². The molecule has 0 fully saturated rings. The van der Waals surface area contributed by atoms with Gasteiger partial charge in [0.1, 0.15) is 0 Å². The van der Waals surface area contributed by atoms with E-state index in [0.29, 0.717) is 5.96 Å². The molecule has 8 heteroatoms. The lowest BCUT2D eigenvalue weighted by Gasteiger charge is -2.18. The molecule has 0 atom stereocenters. The molecule has 2 aromatic rings. The number of aryl methyl sites for hydroxylation is 1. The van der Waals surface area contributed by atoms with Gasteiger partial charge >= 0.3 is 0 Å². The van der Waals surface area contributed by atoms with E-state index in [9.17, 15) is 8.42 Å². The van der Waals surface area contributed by atoms with Crippen LogP contribution in [-0.2, 0) is 22.7 Å². The van der Waals surface area contributed by atoms with E-state index in [1.54, 1.807) is 20.8 Å². The van der Waals surface area contributed by atoms with E-state index in [2.05, 4.69) is 51.9 Å². The van der Waals surface area contributed by atoms with Crippen molar-refractivity contribution in [3.8, 4) is 0 Å². The highest BCUT2D eigenvalue weighted by Crippen LogP contribution is 2.22. The van der Waals surface area contributed by atoms with Crippen molar-refractivity contribution < 1.29 is 8.42 Å². The first-order valence-corrected chi connectivity index (χ1v) is 11.7. The van der Waals surface area contributed by atoms with Gasteiger partial charge in [0, 0.05) is 30.2 Å². The van der Waals surface area contributed by atoms with Gasteiger partial charge in [0.25, 0.3) is 0 Å². The van der Waals surface area contributed by atoms with Crippen LogP contribution < -0.4 is 10.6 Å². The molecule has 0 unspecified atom stereocenters. The number of para-hydroxylation sites is 1. The molecule has 0 spiro atoms. The van der Waals surface area contributed by atoms with Crippen molar-refractivity contribution in [2.75, 3.05) is 25.4 Å². The number of nitrogens with zero attached hydrogens (tertiary/aromatic N) is 1. The highest BCUT2D eigenvalue weighted by atomic mass is 127. The topological polar surface area (TPSA) is 86.3 Å². The second-order valence-corrected chi connectivity index (χ2v) is 10.7. The highest BCUT2D eigenvalue weighted by Gasteiger charge is 2.28. The van der Waals surface area contributed by atoms with Crippen molar-refractivity contribution in [2.24, 2.45) is 4.99 Å². The number of aliphatic imine (C=N–C) groups is 1. The molecule has 0 aliphatic carbocycles. The van der Waals surface area contributed by atoms with E-state index in [1.807, 2.05) is 6.92 Å². The summed E-state index contributed by atoms with van der Waals surface area (Å²) in [5.74, 6) is 0.704. The Morgan fingerprint density at radius 1 is 1.14 bits per heavy atom. The lowest BCUT2D eigenvalue weighted by atomic mass is 10.1. The predicted molar refractivity (Wildman–Crippen MR) is 134 cm³/mol. The van der Waals surface area contributed by atoms with Crippen LogP contribution in [0.1, 0.15) is 45.7 Å². The second-order valence-electron chi connectivity index (χ2n) is 7.88. The van der Waals surface area contributed by atoms with Gasteiger partial charge in [0.05, 0.1) is 17.0 Å². The summed E-state index contributed by atoms with van der Waals surface area (Å²) < 4.78 is 23.7. The summed E-state index contributed by atoms with van der Waals surface area (Å²) in [7, 11) is -3.16. The summed E-state index contributed by atoms with van der Waals surface area (Å²) in [4.78, 5) is 7.82. The number of halogens is 1. The van der Waals surface area contributed by atoms with Gasteiger partial charge in [-0.05, 0) is 51.7 Å². The zero-order chi connectivity index (χ0) is 20.8. The SMILES string of the molecule is CCNC(=NCCS(=O)(=O)C(C)(C)C)NCCc1c[nH]c2c(CC)cccc12.I. The van der Waals surface area contributed by atoms with Crippen LogP contribution in [-0.4, -0.2) is 49.5 Å². The maximum atomic E-state index is 12.2. The normalized spacial score (nSPS) is 12.7. The van der Waals surface area contributed by atoms with E-state index in [4.69, 9.17) is 0 Å². The molecule has 29 heavy (non-hydrogen) atoms. The van der Waals surface area contributed by atoms with Crippen LogP contribution in [0.4, 0.5) is 0 Å². The minimum atomic E-state index is -3.16. The van der Waals surface area contributed by atoms with Crippen molar-refractivity contribution in [3.05, 3.63) is 35.5 Å². The van der Waals surface area contributed by atoms with Gasteiger partial charge in [0.2, 0.25) is 0 Å². The largest absolute Gasteiger partial charge is 0.361 e. The van der Waals surface area contributed by atoms with E-state index in [0.717, 1.165) is 25.9 Å². The average Bonchev–Trinajstić information content (AvgIpc) is 3.04. The molecular formula is C21H35IN4O2S. The van der Waals surface area contributed by atoms with Crippen molar-refractivity contribution in [1.82, 2.24) is 15.6 Å². The molecule has 6 nitrogen and oxygen atoms in total. The fourth-order valence-electron chi connectivity index (χ4n) is 3.02. The first-order valence-electron chi connectivity index (χ1n) is 10.0. The smallest absolute Gasteiger partial charge is 0.191 e. The minimum Gasteiger partial charge on any atom is -0.361 e. The molecule has 0 bridgehead atoms. The molecule has 3 N–H and O–H groups in total. The van der Waals surface area contributed by atoms with Gasteiger partial charge in [-0.3, -0.25) is 4.99 Å². The third kappa shape index (κ3) is 6.87. The van der Waals surface area contributed by atoms with Crippen LogP contribution in [0.25, 0.3) is 10.9 Å². The third-order valence-electron chi connectivity index (χ3n) is 4.86.